The second kappa shape index (κ2) is 8.63. The number of anilines is 5. The van der Waals surface area contributed by atoms with E-state index < -0.39 is 0 Å². The van der Waals surface area contributed by atoms with Crippen molar-refractivity contribution in [1.82, 2.24) is 15.2 Å². The summed E-state index contributed by atoms with van der Waals surface area (Å²) in [6.45, 7) is 6.24. The Bertz CT molecular complexity index is 910. The SMILES string of the molecule is CCN(CC)c1ccc(Nc2cnnc(Nc3ccc(C#N)cc3)n2)cc1. The number of nitriles is 1. The quantitative estimate of drug-likeness (QED) is 0.657. The molecule has 0 aliphatic heterocycles. The fourth-order valence-electron chi connectivity index (χ4n) is 2.67. The lowest BCUT2D eigenvalue weighted by Crippen LogP contribution is -2.21. The van der Waals surface area contributed by atoms with Crippen LogP contribution in [0.25, 0.3) is 0 Å². The Balaban J connectivity index is 1.69. The number of nitrogens with one attached hydrogen (secondary N) is 2. The third-order valence-corrected chi connectivity index (χ3v) is 4.10. The lowest BCUT2D eigenvalue weighted by atomic mass is 10.2. The molecule has 0 spiro atoms. The van der Waals surface area contributed by atoms with Gasteiger partial charge in [-0.3, -0.25) is 0 Å². The van der Waals surface area contributed by atoms with Gasteiger partial charge in [-0.2, -0.15) is 15.3 Å². The molecule has 1 heterocycles. The first-order valence-corrected chi connectivity index (χ1v) is 8.80. The lowest BCUT2D eigenvalue weighted by molar-refractivity contribution is 0.866. The van der Waals surface area contributed by atoms with Crippen LogP contribution in [0.2, 0.25) is 0 Å². The summed E-state index contributed by atoms with van der Waals surface area (Å²) in [5.41, 5.74) is 3.50. The van der Waals surface area contributed by atoms with Crippen LogP contribution in [-0.4, -0.2) is 28.3 Å². The van der Waals surface area contributed by atoms with E-state index in [1.165, 1.54) is 5.69 Å². The zero-order chi connectivity index (χ0) is 19.1. The molecule has 0 aliphatic carbocycles. The molecule has 3 aromatic rings. The normalized spacial score (nSPS) is 10.1. The van der Waals surface area contributed by atoms with Gasteiger partial charge in [-0.1, -0.05) is 0 Å². The van der Waals surface area contributed by atoms with Gasteiger partial charge in [0.1, 0.15) is 0 Å². The number of rotatable bonds is 7. The van der Waals surface area contributed by atoms with Crippen LogP contribution in [-0.2, 0) is 0 Å². The van der Waals surface area contributed by atoms with E-state index in [2.05, 4.69) is 62.8 Å². The van der Waals surface area contributed by atoms with Gasteiger partial charge >= 0.3 is 0 Å². The highest BCUT2D eigenvalue weighted by Crippen LogP contribution is 2.21. The van der Waals surface area contributed by atoms with Gasteiger partial charge < -0.3 is 15.5 Å². The maximum Gasteiger partial charge on any atom is 0.249 e. The van der Waals surface area contributed by atoms with Gasteiger partial charge in [-0.15, -0.1) is 5.10 Å². The van der Waals surface area contributed by atoms with Gasteiger partial charge in [-0.05, 0) is 62.4 Å². The van der Waals surface area contributed by atoms with Crippen molar-refractivity contribution in [3.63, 3.8) is 0 Å². The third kappa shape index (κ3) is 4.70. The van der Waals surface area contributed by atoms with Crippen molar-refractivity contribution in [2.45, 2.75) is 13.8 Å². The Morgan fingerprint density at radius 3 is 2.19 bits per heavy atom. The van der Waals surface area contributed by atoms with E-state index >= 15 is 0 Å². The van der Waals surface area contributed by atoms with Crippen LogP contribution < -0.4 is 15.5 Å². The fraction of sp³-hybridized carbons (Fsp3) is 0.200. The van der Waals surface area contributed by atoms with Gasteiger partial charge in [0.15, 0.2) is 5.82 Å². The topological polar surface area (TPSA) is 89.8 Å². The number of hydrogen-bond donors (Lipinski definition) is 2. The van der Waals surface area contributed by atoms with Crippen molar-refractivity contribution in [2.24, 2.45) is 0 Å². The Hall–Kier alpha value is -3.66. The van der Waals surface area contributed by atoms with Gasteiger partial charge in [0, 0.05) is 30.2 Å². The first kappa shape index (κ1) is 18.1. The van der Waals surface area contributed by atoms with Gasteiger partial charge in [0.05, 0.1) is 17.8 Å². The minimum Gasteiger partial charge on any atom is -0.372 e. The maximum absolute atomic E-state index is 8.85. The van der Waals surface area contributed by atoms with E-state index in [0.717, 1.165) is 24.5 Å². The van der Waals surface area contributed by atoms with Crippen LogP contribution in [0.4, 0.5) is 28.8 Å². The van der Waals surface area contributed by atoms with Gasteiger partial charge in [0.2, 0.25) is 5.95 Å². The summed E-state index contributed by atoms with van der Waals surface area (Å²) in [5.74, 6) is 0.973. The Morgan fingerprint density at radius 2 is 1.56 bits per heavy atom. The molecule has 0 radical (unpaired) electrons. The summed E-state index contributed by atoms with van der Waals surface area (Å²) in [6.07, 6.45) is 1.57. The molecule has 136 valence electrons. The first-order valence-electron chi connectivity index (χ1n) is 8.80. The highest BCUT2D eigenvalue weighted by Gasteiger charge is 2.04. The number of benzene rings is 2. The van der Waals surface area contributed by atoms with E-state index in [1.54, 1.807) is 30.5 Å². The van der Waals surface area contributed by atoms with Crippen molar-refractivity contribution < 1.29 is 0 Å². The first-order chi connectivity index (χ1) is 13.2. The second-order valence-electron chi connectivity index (χ2n) is 5.82. The summed E-state index contributed by atoms with van der Waals surface area (Å²) >= 11 is 0. The molecule has 3 rings (SSSR count). The van der Waals surface area contributed by atoms with Crippen molar-refractivity contribution >= 4 is 28.8 Å². The van der Waals surface area contributed by atoms with Crippen LogP contribution >= 0.6 is 0 Å². The second-order valence-corrected chi connectivity index (χ2v) is 5.82. The van der Waals surface area contributed by atoms with Crippen molar-refractivity contribution in [3.8, 4) is 6.07 Å². The van der Waals surface area contributed by atoms with Gasteiger partial charge in [-0.25, -0.2) is 0 Å². The van der Waals surface area contributed by atoms with Crippen molar-refractivity contribution in [1.29, 1.82) is 5.26 Å². The maximum atomic E-state index is 8.85. The molecular formula is C20H21N7. The molecule has 0 unspecified atom stereocenters. The van der Waals surface area contributed by atoms with Crippen molar-refractivity contribution in [2.75, 3.05) is 28.6 Å². The predicted molar refractivity (Wildman–Crippen MR) is 108 cm³/mol. The minimum atomic E-state index is 0.379. The summed E-state index contributed by atoms with van der Waals surface area (Å²) in [4.78, 5) is 6.71. The van der Waals surface area contributed by atoms with E-state index in [0.29, 0.717) is 17.3 Å². The summed E-state index contributed by atoms with van der Waals surface area (Å²) in [5, 5.41) is 23.1. The summed E-state index contributed by atoms with van der Waals surface area (Å²) in [6, 6.07) is 17.4. The molecule has 0 atom stereocenters. The Morgan fingerprint density at radius 1 is 0.926 bits per heavy atom. The molecule has 0 saturated heterocycles. The average Bonchev–Trinajstić information content (AvgIpc) is 2.71. The monoisotopic (exact) mass is 359 g/mol. The van der Waals surface area contributed by atoms with Crippen LogP contribution in [0.1, 0.15) is 19.4 Å². The van der Waals surface area contributed by atoms with E-state index in [9.17, 15) is 0 Å². The fourth-order valence-corrected chi connectivity index (χ4v) is 2.67. The Labute approximate surface area is 158 Å². The molecule has 0 fully saturated rings. The standard InChI is InChI=1S/C20H21N7/c1-3-27(4-2)18-11-9-16(10-12-18)23-19-14-22-26-20(25-19)24-17-7-5-15(13-21)6-8-17/h5-12,14H,3-4H2,1-2H3,(H2,23,24,25,26). The van der Waals surface area contributed by atoms with E-state index in [-0.39, 0.29) is 0 Å². The minimum absolute atomic E-state index is 0.379. The molecule has 27 heavy (non-hydrogen) atoms. The van der Waals surface area contributed by atoms with Gasteiger partial charge in [0.25, 0.3) is 0 Å². The number of aromatic nitrogens is 3. The molecule has 0 amide bonds. The largest absolute Gasteiger partial charge is 0.372 e. The van der Waals surface area contributed by atoms with Crippen LogP contribution in [0.15, 0.2) is 54.7 Å². The molecule has 0 bridgehead atoms. The summed E-state index contributed by atoms with van der Waals surface area (Å²) in [7, 11) is 0. The van der Waals surface area contributed by atoms with Crippen molar-refractivity contribution in [3.05, 3.63) is 60.3 Å². The summed E-state index contributed by atoms with van der Waals surface area (Å²) < 4.78 is 0. The molecule has 1 aromatic heterocycles. The molecular weight excluding hydrogens is 338 g/mol. The van der Waals surface area contributed by atoms with E-state index in [1.807, 2.05) is 12.1 Å². The average molecular weight is 359 g/mol. The molecule has 7 heteroatoms. The zero-order valence-electron chi connectivity index (χ0n) is 15.3. The number of hydrogen-bond acceptors (Lipinski definition) is 7. The zero-order valence-corrected chi connectivity index (χ0v) is 15.3. The smallest absolute Gasteiger partial charge is 0.249 e. The van der Waals surface area contributed by atoms with E-state index in [4.69, 9.17) is 5.26 Å². The molecule has 0 aliphatic rings. The third-order valence-electron chi connectivity index (χ3n) is 4.10. The highest BCUT2D eigenvalue weighted by molar-refractivity contribution is 5.62. The predicted octanol–water partition coefficient (Wildman–Crippen LogP) is 4.08. The highest BCUT2D eigenvalue weighted by atomic mass is 15.3. The molecule has 2 aromatic carbocycles. The van der Waals surface area contributed by atoms with Crippen LogP contribution in [0.5, 0.6) is 0 Å². The number of nitrogens with zero attached hydrogens (tertiary/aromatic N) is 5. The lowest BCUT2D eigenvalue weighted by Gasteiger charge is -2.21. The Kier molecular flexibility index (Phi) is 5.80. The van der Waals surface area contributed by atoms with Crippen LogP contribution in [0, 0.1) is 11.3 Å². The molecule has 0 saturated carbocycles. The molecule has 7 nitrogen and oxygen atoms in total. The van der Waals surface area contributed by atoms with Crippen LogP contribution in [0.3, 0.4) is 0 Å². The molecule has 2 N–H and O–H groups in total.